The Bertz CT molecular complexity index is 866. The zero-order chi connectivity index (χ0) is 17.6. The third kappa shape index (κ3) is 4.75. The third-order valence-electron chi connectivity index (χ3n) is 3.54. The lowest BCUT2D eigenvalue weighted by atomic mass is 10.2. The summed E-state index contributed by atoms with van der Waals surface area (Å²) < 4.78 is 11.0. The maximum atomic E-state index is 6.32. The summed E-state index contributed by atoms with van der Waals surface area (Å²) in [5.74, 6) is 1.40. The molecule has 0 aliphatic carbocycles. The molecule has 0 radical (unpaired) electrons. The van der Waals surface area contributed by atoms with E-state index < -0.39 is 0 Å². The van der Waals surface area contributed by atoms with E-state index in [1.165, 1.54) is 0 Å². The second kappa shape index (κ2) is 8.39. The molecule has 2 aromatic carbocycles. The first kappa shape index (κ1) is 17.8. The molecule has 0 saturated heterocycles. The molecule has 1 N–H and O–H groups in total. The number of furan rings is 1. The monoisotopic (exact) mass is 391 g/mol. The second-order valence-electron chi connectivity index (χ2n) is 5.29. The van der Waals surface area contributed by atoms with Crippen molar-refractivity contribution in [3.63, 3.8) is 0 Å². The summed E-state index contributed by atoms with van der Waals surface area (Å²) in [7, 11) is 0. The maximum absolute atomic E-state index is 6.32. The molecule has 25 heavy (non-hydrogen) atoms. The molecule has 0 spiro atoms. The van der Waals surface area contributed by atoms with Crippen molar-refractivity contribution in [1.29, 1.82) is 0 Å². The van der Waals surface area contributed by atoms with Crippen molar-refractivity contribution in [2.45, 2.75) is 13.2 Å². The second-order valence-corrected chi connectivity index (χ2v) is 6.51. The van der Waals surface area contributed by atoms with Crippen LogP contribution in [0.5, 0.6) is 5.75 Å². The quantitative estimate of drug-likeness (QED) is 0.552. The number of thiocarbonyl (C=S) groups is 1. The predicted molar refractivity (Wildman–Crippen MR) is 104 cm³/mol. The van der Waals surface area contributed by atoms with Crippen LogP contribution in [0.1, 0.15) is 16.9 Å². The SMILES string of the molecule is S=C(NCc1ccco1)c1ccc(OCc2ccccc2Cl)c(Cl)c1. The Balaban J connectivity index is 1.62. The van der Waals surface area contributed by atoms with Gasteiger partial charge in [0.2, 0.25) is 0 Å². The van der Waals surface area contributed by atoms with Gasteiger partial charge in [-0.1, -0.05) is 53.6 Å². The van der Waals surface area contributed by atoms with Crippen LogP contribution in [0.2, 0.25) is 10.0 Å². The maximum Gasteiger partial charge on any atom is 0.138 e. The lowest BCUT2D eigenvalue weighted by Crippen LogP contribution is -2.21. The largest absolute Gasteiger partial charge is 0.487 e. The summed E-state index contributed by atoms with van der Waals surface area (Å²) in [4.78, 5) is 0.593. The number of hydrogen-bond acceptors (Lipinski definition) is 3. The Labute approximate surface area is 161 Å². The van der Waals surface area contributed by atoms with E-state index in [1.54, 1.807) is 18.4 Å². The molecule has 0 aliphatic rings. The molecule has 1 heterocycles. The van der Waals surface area contributed by atoms with Gasteiger partial charge in [-0.15, -0.1) is 0 Å². The number of rotatable bonds is 6. The van der Waals surface area contributed by atoms with Gasteiger partial charge in [0, 0.05) is 16.1 Å². The molecule has 3 rings (SSSR count). The van der Waals surface area contributed by atoms with E-state index in [1.807, 2.05) is 42.5 Å². The van der Waals surface area contributed by atoms with Gasteiger partial charge in [-0.25, -0.2) is 0 Å². The van der Waals surface area contributed by atoms with E-state index in [4.69, 9.17) is 44.6 Å². The highest BCUT2D eigenvalue weighted by atomic mass is 35.5. The molecule has 0 amide bonds. The van der Waals surface area contributed by atoms with E-state index in [2.05, 4.69) is 5.32 Å². The lowest BCUT2D eigenvalue weighted by Gasteiger charge is -2.12. The van der Waals surface area contributed by atoms with Crippen LogP contribution in [0.25, 0.3) is 0 Å². The van der Waals surface area contributed by atoms with Gasteiger partial charge in [0.25, 0.3) is 0 Å². The Morgan fingerprint density at radius 2 is 1.88 bits per heavy atom. The first-order valence-electron chi connectivity index (χ1n) is 7.60. The summed E-state index contributed by atoms with van der Waals surface area (Å²) in [6, 6.07) is 16.7. The Hall–Kier alpha value is -2.01. The minimum absolute atomic E-state index is 0.347. The van der Waals surface area contributed by atoms with Crippen LogP contribution in [-0.4, -0.2) is 4.99 Å². The fourth-order valence-electron chi connectivity index (χ4n) is 2.21. The summed E-state index contributed by atoms with van der Waals surface area (Å²) >= 11 is 17.8. The smallest absolute Gasteiger partial charge is 0.138 e. The van der Waals surface area contributed by atoms with Crippen LogP contribution < -0.4 is 10.1 Å². The van der Waals surface area contributed by atoms with Crippen molar-refractivity contribution in [2.24, 2.45) is 0 Å². The Morgan fingerprint density at radius 1 is 1.04 bits per heavy atom. The Kier molecular flexibility index (Phi) is 5.97. The van der Waals surface area contributed by atoms with Crippen LogP contribution in [0.15, 0.2) is 65.3 Å². The van der Waals surface area contributed by atoms with Crippen molar-refractivity contribution in [2.75, 3.05) is 0 Å². The van der Waals surface area contributed by atoms with E-state index >= 15 is 0 Å². The number of halogens is 2. The van der Waals surface area contributed by atoms with Gasteiger partial charge in [0.1, 0.15) is 23.1 Å². The van der Waals surface area contributed by atoms with E-state index in [9.17, 15) is 0 Å². The molecule has 0 atom stereocenters. The summed E-state index contributed by atoms with van der Waals surface area (Å²) in [6.45, 7) is 0.869. The standard InChI is InChI=1S/C19H15Cl2NO2S/c20-16-6-2-1-4-14(16)12-24-18-8-7-13(10-17(18)21)19(25)22-11-15-5-3-9-23-15/h1-10H,11-12H2,(H,22,25). The van der Waals surface area contributed by atoms with Crippen molar-refractivity contribution in [3.05, 3.63) is 87.8 Å². The van der Waals surface area contributed by atoms with Gasteiger partial charge in [-0.2, -0.15) is 0 Å². The molecule has 1 aromatic heterocycles. The average Bonchev–Trinajstić information content (AvgIpc) is 3.13. The number of ether oxygens (including phenoxy) is 1. The van der Waals surface area contributed by atoms with E-state index in [0.29, 0.717) is 33.9 Å². The van der Waals surface area contributed by atoms with Gasteiger partial charge < -0.3 is 14.5 Å². The van der Waals surface area contributed by atoms with Crippen LogP contribution >= 0.6 is 35.4 Å². The molecular formula is C19H15Cl2NO2S. The number of benzene rings is 2. The van der Waals surface area contributed by atoms with Crippen molar-refractivity contribution in [3.8, 4) is 5.75 Å². The molecule has 6 heteroatoms. The summed E-state index contributed by atoms with van der Waals surface area (Å²) in [6.07, 6.45) is 1.63. The number of hydrogen-bond donors (Lipinski definition) is 1. The molecule has 0 bridgehead atoms. The fraction of sp³-hybridized carbons (Fsp3) is 0.105. The lowest BCUT2D eigenvalue weighted by molar-refractivity contribution is 0.306. The van der Waals surface area contributed by atoms with Gasteiger partial charge in [0.15, 0.2) is 0 Å². The van der Waals surface area contributed by atoms with Gasteiger partial charge in [-0.05, 0) is 36.4 Å². The van der Waals surface area contributed by atoms with Crippen molar-refractivity contribution in [1.82, 2.24) is 5.32 Å². The highest BCUT2D eigenvalue weighted by molar-refractivity contribution is 7.80. The first-order valence-corrected chi connectivity index (χ1v) is 8.76. The van der Waals surface area contributed by atoms with Gasteiger partial charge >= 0.3 is 0 Å². The van der Waals surface area contributed by atoms with Crippen LogP contribution in [0.3, 0.4) is 0 Å². The summed E-state index contributed by atoms with van der Waals surface area (Å²) in [5, 5.41) is 4.29. The molecule has 0 fully saturated rings. The molecular weight excluding hydrogens is 377 g/mol. The fourth-order valence-corrected chi connectivity index (χ4v) is 2.84. The van der Waals surface area contributed by atoms with Crippen LogP contribution in [-0.2, 0) is 13.2 Å². The molecule has 128 valence electrons. The zero-order valence-electron chi connectivity index (χ0n) is 13.2. The van der Waals surface area contributed by atoms with E-state index in [0.717, 1.165) is 16.9 Å². The van der Waals surface area contributed by atoms with Crippen LogP contribution in [0, 0.1) is 0 Å². The normalized spacial score (nSPS) is 10.5. The third-order valence-corrected chi connectivity index (χ3v) is 4.58. The first-order chi connectivity index (χ1) is 12.1. The van der Waals surface area contributed by atoms with Crippen LogP contribution in [0.4, 0.5) is 0 Å². The number of nitrogens with one attached hydrogen (secondary N) is 1. The molecule has 3 aromatic rings. The molecule has 3 nitrogen and oxygen atoms in total. The van der Waals surface area contributed by atoms with E-state index in [-0.39, 0.29) is 0 Å². The highest BCUT2D eigenvalue weighted by Gasteiger charge is 2.08. The summed E-state index contributed by atoms with van der Waals surface area (Å²) in [5.41, 5.74) is 1.72. The minimum Gasteiger partial charge on any atom is -0.487 e. The Morgan fingerprint density at radius 3 is 2.60 bits per heavy atom. The van der Waals surface area contributed by atoms with Gasteiger partial charge in [-0.3, -0.25) is 0 Å². The van der Waals surface area contributed by atoms with Crippen molar-refractivity contribution >= 4 is 40.4 Å². The highest BCUT2D eigenvalue weighted by Crippen LogP contribution is 2.27. The topological polar surface area (TPSA) is 34.4 Å². The predicted octanol–water partition coefficient (Wildman–Crippen LogP) is 5.63. The zero-order valence-corrected chi connectivity index (χ0v) is 15.5. The average molecular weight is 392 g/mol. The minimum atomic E-state index is 0.347. The molecule has 0 unspecified atom stereocenters. The molecule has 0 saturated carbocycles. The van der Waals surface area contributed by atoms with Crippen molar-refractivity contribution < 1.29 is 9.15 Å². The molecule has 0 aliphatic heterocycles. The van der Waals surface area contributed by atoms with Gasteiger partial charge in [0.05, 0.1) is 17.8 Å².